The van der Waals surface area contributed by atoms with Crippen molar-refractivity contribution in [1.82, 2.24) is 15.1 Å². The number of nitrogens with zero attached hydrogens (tertiary/aromatic N) is 2. The van der Waals surface area contributed by atoms with Crippen LogP contribution in [0.15, 0.2) is 0 Å². The number of halogens is 3. The molecule has 0 radical (unpaired) electrons. The van der Waals surface area contributed by atoms with Gasteiger partial charge in [-0.25, -0.2) is 0 Å². The zero-order valence-corrected chi connectivity index (χ0v) is 11.6. The van der Waals surface area contributed by atoms with Gasteiger partial charge in [0.2, 0.25) is 5.91 Å². The topological polar surface area (TPSA) is 35.6 Å². The van der Waals surface area contributed by atoms with E-state index in [0.717, 1.165) is 12.8 Å². The molecule has 1 saturated heterocycles. The van der Waals surface area contributed by atoms with Gasteiger partial charge in [-0.05, 0) is 12.8 Å². The molecule has 1 aliphatic carbocycles. The number of alkyl halides is 3. The smallest absolute Gasteiger partial charge is 0.339 e. The Labute approximate surface area is 117 Å². The molecule has 1 aliphatic heterocycles. The average molecular weight is 293 g/mol. The minimum Gasteiger partial charge on any atom is -0.339 e. The zero-order valence-electron chi connectivity index (χ0n) is 11.6. The standard InChI is InChI=1S/C13H22F3N3O/c14-13(15,16)10-18-5-7-19(8-6-18)12(20)9-17-11-3-1-2-4-11/h11,17H,1-10H2. The number of carbonyl (C=O) groups excluding carboxylic acids is 1. The number of nitrogens with one attached hydrogen (secondary N) is 1. The van der Waals surface area contributed by atoms with Crippen LogP contribution in [-0.2, 0) is 4.79 Å². The fraction of sp³-hybridized carbons (Fsp3) is 0.923. The van der Waals surface area contributed by atoms with Crippen LogP contribution < -0.4 is 5.32 Å². The summed E-state index contributed by atoms with van der Waals surface area (Å²) in [6.07, 6.45) is 0.499. The highest BCUT2D eigenvalue weighted by Gasteiger charge is 2.32. The molecule has 0 atom stereocenters. The Morgan fingerprint density at radius 3 is 2.25 bits per heavy atom. The van der Waals surface area contributed by atoms with Crippen molar-refractivity contribution in [2.45, 2.75) is 37.9 Å². The number of amides is 1. The van der Waals surface area contributed by atoms with E-state index < -0.39 is 12.7 Å². The molecule has 116 valence electrons. The maximum atomic E-state index is 12.3. The fourth-order valence-electron chi connectivity index (χ4n) is 2.88. The SMILES string of the molecule is O=C(CNC1CCCC1)N1CCN(CC(F)(F)F)CC1. The molecule has 0 bridgehead atoms. The highest BCUT2D eigenvalue weighted by molar-refractivity contribution is 5.78. The van der Waals surface area contributed by atoms with Gasteiger partial charge in [-0.15, -0.1) is 0 Å². The van der Waals surface area contributed by atoms with Gasteiger partial charge in [0.05, 0.1) is 13.1 Å². The van der Waals surface area contributed by atoms with Gasteiger partial charge in [0.25, 0.3) is 0 Å². The van der Waals surface area contributed by atoms with Crippen LogP contribution in [0, 0.1) is 0 Å². The van der Waals surface area contributed by atoms with Gasteiger partial charge in [-0.1, -0.05) is 12.8 Å². The van der Waals surface area contributed by atoms with Crippen LogP contribution in [0.5, 0.6) is 0 Å². The first-order valence-corrected chi connectivity index (χ1v) is 7.24. The van der Waals surface area contributed by atoms with Crippen molar-refractivity contribution in [1.29, 1.82) is 0 Å². The van der Waals surface area contributed by atoms with E-state index in [1.807, 2.05) is 0 Å². The molecule has 0 spiro atoms. The lowest BCUT2D eigenvalue weighted by atomic mass is 10.2. The molecular formula is C13H22F3N3O. The van der Waals surface area contributed by atoms with Crippen molar-refractivity contribution in [3.63, 3.8) is 0 Å². The molecule has 0 unspecified atom stereocenters. The van der Waals surface area contributed by atoms with Crippen LogP contribution in [-0.4, -0.2) is 67.2 Å². The maximum absolute atomic E-state index is 12.3. The first-order valence-electron chi connectivity index (χ1n) is 7.24. The Balaban J connectivity index is 1.66. The van der Waals surface area contributed by atoms with E-state index >= 15 is 0 Å². The Morgan fingerprint density at radius 1 is 1.10 bits per heavy atom. The molecule has 0 aromatic rings. The van der Waals surface area contributed by atoms with E-state index in [1.165, 1.54) is 17.7 Å². The molecule has 2 rings (SSSR count). The zero-order chi connectivity index (χ0) is 14.6. The minimum atomic E-state index is -4.16. The van der Waals surface area contributed by atoms with Crippen LogP contribution in [0.2, 0.25) is 0 Å². The molecular weight excluding hydrogens is 271 g/mol. The highest BCUT2D eigenvalue weighted by atomic mass is 19.4. The summed E-state index contributed by atoms with van der Waals surface area (Å²) in [6, 6.07) is 0.436. The molecule has 1 N–H and O–H groups in total. The van der Waals surface area contributed by atoms with Gasteiger partial charge in [0, 0.05) is 32.2 Å². The number of hydrogen-bond acceptors (Lipinski definition) is 3. The summed E-state index contributed by atoms with van der Waals surface area (Å²) in [6.45, 7) is 0.811. The molecule has 20 heavy (non-hydrogen) atoms. The number of carbonyl (C=O) groups is 1. The van der Waals surface area contributed by atoms with Gasteiger partial charge in [0.15, 0.2) is 0 Å². The fourth-order valence-corrected chi connectivity index (χ4v) is 2.88. The van der Waals surface area contributed by atoms with Gasteiger partial charge in [0.1, 0.15) is 0 Å². The summed E-state index contributed by atoms with van der Waals surface area (Å²) in [5.41, 5.74) is 0. The van der Waals surface area contributed by atoms with Crippen molar-refractivity contribution in [2.24, 2.45) is 0 Å². The maximum Gasteiger partial charge on any atom is 0.401 e. The lowest BCUT2D eigenvalue weighted by molar-refractivity contribution is -0.151. The van der Waals surface area contributed by atoms with E-state index in [9.17, 15) is 18.0 Å². The Morgan fingerprint density at radius 2 is 1.70 bits per heavy atom. The Hall–Kier alpha value is -0.820. The molecule has 2 fully saturated rings. The normalized spacial score (nSPS) is 22.4. The molecule has 1 heterocycles. The van der Waals surface area contributed by atoms with Gasteiger partial charge in [-0.3, -0.25) is 9.69 Å². The number of piperazine rings is 1. The molecule has 2 aliphatic rings. The summed E-state index contributed by atoms with van der Waals surface area (Å²) in [5.74, 6) is 0.00330. The Bertz CT molecular complexity index is 321. The van der Waals surface area contributed by atoms with Crippen LogP contribution in [0.3, 0.4) is 0 Å². The molecule has 0 aromatic heterocycles. The second kappa shape index (κ2) is 6.76. The third kappa shape index (κ3) is 4.94. The summed E-state index contributed by atoms with van der Waals surface area (Å²) in [5, 5.41) is 3.24. The second-order valence-corrected chi connectivity index (χ2v) is 5.63. The molecule has 0 aromatic carbocycles. The summed E-state index contributed by atoms with van der Waals surface area (Å²) in [4.78, 5) is 15.0. The lowest BCUT2D eigenvalue weighted by Gasteiger charge is -2.35. The molecule has 1 saturated carbocycles. The third-order valence-electron chi connectivity index (χ3n) is 4.03. The Kier molecular flexibility index (Phi) is 5.26. The molecule has 1 amide bonds. The lowest BCUT2D eigenvalue weighted by Crippen LogP contribution is -2.52. The van der Waals surface area contributed by atoms with Gasteiger partial charge < -0.3 is 10.2 Å². The van der Waals surface area contributed by atoms with Crippen LogP contribution in [0.4, 0.5) is 13.2 Å². The molecule has 4 nitrogen and oxygen atoms in total. The number of hydrogen-bond donors (Lipinski definition) is 1. The van der Waals surface area contributed by atoms with E-state index in [-0.39, 0.29) is 5.91 Å². The largest absolute Gasteiger partial charge is 0.401 e. The van der Waals surface area contributed by atoms with Crippen LogP contribution in [0.1, 0.15) is 25.7 Å². The van der Waals surface area contributed by atoms with E-state index in [0.29, 0.717) is 38.8 Å². The van der Waals surface area contributed by atoms with Crippen molar-refractivity contribution in [3.8, 4) is 0 Å². The first-order chi connectivity index (χ1) is 9.44. The summed E-state index contributed by atoms with van der Waals surface area (Å²) >= 11 is 0. The summed E-state index contributed by atoms with van der Waals surface area (Å²) < 4.78 is 36.8. The van der Waals surface area contributed by atoms with Crippen molar-refractivity contribution >= 4 is 5.91 Å². The van der Waals surface area contributed by atoms with Gasteiger partial charge >= 0.3 is 6.18 Å². The van der Waals surface area contributed by atoms with Gasteiger partial charge in [-0.2, -0.15) is 13.2 Å². The predicted molar refractivity (Wildman–Crippen MR) is 69.3 cm³/mol. The highest BCUT2D eigenvalue weighted by Crippen LogP contribution is 2.18. The quantitative estimate of drug-likeness (QED) is 0.847. The average Bonchev–Trinajstić information content (AvgIpc) is 2.88. The van der Waals surface area contributed by atoms with Crippen molar-refractivity contribution in [2.75, 3.05) is 39.3 Å². The predicted octanol–water partition coefficient (Wildman–Crippen LogP) is 1.23. The number of rotatable bonds is 4. The van der Waals surface area contributed by atoms with E-state index in [1.54, 1.807) is 4.90 Å². The van der Waals surface area contributed by atoms with E-state index in [4.69, 9.17) is 0 Å². The minimum absolute atomic E-state index is 0.00330. The van der Waals surface area contributed by atoms with E-state index in [2.05, 4.69) is 5.32 Å². The second-order valence-electron chi connectivity index (χ2n) is 5.63. The van der Waals surface area contributed by atoms with Crippen molar-refractivity contribution in [3.05, 3.63) is 0 Å². The molecule has 7 heteroatoms. The monoisotopic (exact) mass is 293 g/mol. The van der Waals surface area contributed by atoms with Crippen LogP contribution >= 0.6 is 0 Å². The van der Waals surface area contributed by atoms with Crippen molar-refractivity contribution < 1.29 is 18.0 Å². The third-order valence-corrected chi connectivity index (χ3v) is 4.03. The van der Waals surface area contributed by atoms with Crippen LogP contribution in [0.25, 0.3) is 0 Å². The summed E-state index contributed by atoms with van der Waals surface area (Å²) in [7, 11) is 0. The first kappa shape index (κ1) is 15.6.